The monoisotopic (exact) mass is 224 g/mol. The number of carbonyl (C=O) groups is 1. The molecular formula is C10H12N2O4. The van der Waals surface area contributed by atoms with Gasteiger partial charge in [0.2, 0.25) is 0 Å². The highest BCUT2D eigenvalue weighted by atomic mass is 16.6. The lowest BCUT2D eigenvalue weighted by Gasteiger charge is -2.07. The Bertz CT molecular complexity index is 443. The number of hydrogen-bond acceptors (Lipinski definition) is 5. The van der Waals surface area contributed by atoms with Crippen molar-refractivity contribution in [1.29, 1.82) is 0 Å². The van der Waals surface area contributed by atoms with E-state index in [4.69, 9.17) is 10.5 Å². The Kier molecular flexibility index (Phi) is 3.44. The van der Waals surface area contributed by atoms with Crippen LogP contribution in [-0.2, 0) is 4.74 Å². The molecule has 0 unspecified atom stereocenters. The molecule has 6 nitrogen and oxygen atoms in total. The second kappa shape index (κ2) is 4.61. The number of nitro groups is 1. The van der Waals surface area contributed by atoms with Crippen LogP contribution < -0.4 is 5.73 Å². The second-order valence-corrected chi connectivity index (χ2v) is 3.17. The number of nitrogens with two attached hydrogens (primary N) is 1. The highest BCUT2D eigenvalue weighted by Gasteiger charge is 2.25. The van der Waals surface area contributed by atoms with E-state index in [0.717, 1.165) is 0 Å². The Morgan fingerprint density at radius 2 is 2.19 bits per heavy atom. The largest absolute Gasteiger partial charge is 0.462 e. The zero-order valence-electron chi connectivity index (χ0n) is 9.02. The number of nitro benzene ring substituents is 1. The third-order valence-corrected chi connectivity index (χ3v) is 2.12. The van der Waals surface area contributed by atoms with E-state index in [1.54, 1.807) is 13.8 Å². The van der Waals surface area contributed by atoms with Crippen molar-refractivity contribution in [3.63, 3.8) is 0 Å². The van der Waals surface area contributed by atoms with E-state index >= 15 is 0 Å². The highest BCUT2D eigenvalue weighted by Crippen LogP contribution is 2.27. The molecule has 86 valence electrons. The lowest BCUT2D eigenvalue weighted by Crippen LogP contribution is -2.12. The standard InChI is InChI=1S/C10H12N2O4/c1-3-16-10(13)8-7(12(14)15)5-4-6(2)9(8)11/h4-5H,3,11H2,1-2H3. The molecule has 0 radical (unpaired) electrons. The first kappa shape index (κ1) is 12.0. The smallest absolute Gasteiger partial charge is 0.347 e. The van der Waals surface area contributed by atoms with Gasteiger partial charge in [0.15, 0.2) is 5.56 Å². The SMILES string of the molecule is CCOC(=O)c1c([N+](=O)[O-])ccc(C)c1N. The molecule has 0 aromatic heterocycles. The molecule has 0 spiro atoms. The summed E-state index contributed by atoms with van der Waals surface area (Å²) in [4.78, 5) is 21.6. The lowest BCUT2D eigenvalue weighted by atomic mass is 10.1. The van der Waals surface area contributed by atoms with Gasteiger partial charge in [0.1, 0.15) is 0 Å². The maximum absolute atomic E-state index is 11.5. The molecule has 1 aromatic rings. The molecule has 1 aromatic carbocycles. The number of rotatable bonds is 3. The van der Waals surface area contributed by atoms with Gasteiger partial charge in [-0.3, -0.25) is 10.1 Å². The Morgan fingerprint density at radius 1 is 1.56 bits per heavy atom. The van der Waals surface area contributed by atoms with Crippen LogP contribution in [0, 0.1) is 17.0 Å². The molecule has 0 atom stereocenters. The van der Waals surface area contributed by atoms with Crippen molar-refractivity contribution in [3.05, 3.63) is 33.4 Å². The first-order chi connectivity index (χ1) is 7.49. The molecule has 0 amide bonds. The zero-order valence-corrected chi connectivity index (χ0v) is 9.02. The quantitative estimate of drug-likeness (QED) is 0.364. The number of aryl methyl sites for hydroxylation is 1. The molecule has 0 saturated carbocycles. The molecule has 0 bridgehead atoms. The van der Waals surface area contributed by atoms with Crippen molar-refractivity contribution < 1.29 is 14.5 Å². The molecule has 0 heterocycles. The van der Waals surface area contributed by atoms with E-state index in [1.165, 1.54) is 12.1 Å². The maximum Gasteiger partial charge on any atom is 0.347 e. The van der Waals surface area contributed by atoms with Gasteiger partial charge >= 0.3 is 5.97 Å². The van der Waals surface area contributed by atoms with Crippen LogP contribution >= 0.6 is 0 Å². The first-order valence-electron chi connectivity index (χ1n) is 4.69. The summed E-state index contributed by atoms with van der Waals surface area (Å²) < 4.78 is 4.73. The number of anilines is 1. The van der Waals surface area contributed by atoms with Crippen molar-refractivity contribution in [2.75, 3.05) is 12.3 Å². The topological polar surface area (TPSA) is 95.5 Å². The summed E-state index contributed by atoms with van der Waals surface area (Å²) in [6, 6.07) is 2.74. The van der Waals surface area contributed by atoms with Gasteiger partial charge < -0.3 is 10.5 Å². The van der Waals surface area contributed by atoms with Crippen LogP contribution in [0.1, 0.15) is 22.8 Å². The van der Waals surface area contributed by atoms with Crippen LogP contribution in [-0.4, -0.2) is 17.5 Å². The molecule has 1 rings (SSSR count). The fraction of sp³-hybridized carbons (Fsp3) is 0.300. The Morgan fingerprint density at radius 3 is 2.69 bits per heavy atom. The minimum atomic E-state index is -0.768. The molecule has 6 heteroatoms. The molecule has 0 aliphatic rings. The van der Waals surface area contributed by atoms with E-state index in [2.05, 4.69) is 0 Å². The zero-order chi connectivity index (χ0) is 12.3. The molecule has 0 fully saturated rings. The first-order valence-corrected chi connectivity index (χ1v) is 4.69. The molecule has 0 aliphatic heterocycles. The molecule has 0 saturated heterocycles. The average molecular weight is 224 g/mol. The van der Waals surface area contributed by atoms with Gasteiger partial charge in [0, 0.05) is 6.07 Å². The number of nitrogen functional groups attached to an aromatic ring is 1. The highest BCUT2D eigenvalue weighted by molar-refractivity contribution is 6.00. The fourth-order valence-electron chi connectivity index (χ4n) is 1.28. The summed E-state index contributed by atoms with van der Waals surface area (Å²) in [7, 11) is 0. The summed E-state index contributed by atoms with van der Waals surface area (Å²) in [6.45, 7) is 3.43. The molecule has 0 aliphatic carbocycles. The number of benzene rings is 1. The number of carbonyl (C=O) groups excluding carboxylic acids is 1. The van der Waals surface area contributed by atoms with Crippen LogP contribution in [0.25, 0.3) is 0 Å². The van der Waals surface area contributed by atoms with Crippen LogP contribution in [0.4, 0.5) is 11.4 Å². The Balaban J connectivity index is 3.37. The van der Waals surface area contributed by atoms with Crippen LogP contribution in [0.2, 0.25) is 0 Å². The Labute approximate surface area is 92.2 Å². The predicted molar refractivity (Wildman–Crippen MR) is 58.2 cm³/mol. The van der Waals surface area contributed by atoms with Crippen LogP contribution in [0.5, 0.6) is 0 Å². The van der Waals surface area contributed by atoms with E-state index in [9.17, 15) is 14.9 Å². The third kappa shape index (κ3) is 2.10. The predicted octanol–water partition coefficient (Wildman–Crippen LogP) is 1.66. The van der Waals surface area contributed by atoms with Gasteiger partial charge in [-0.1, -0.05) is 6.07 Å². The summed E-state index contributed by atoms with van der Waals surface area (Å²) >= 11 is 0. The van der Waals surface area contributed by atoms with E-state index in [1.807, 2.05) is 0 Å². The average Bonchev–Trinajstić information content (AvgIpc) is 2.21. The number of esters is 1. The molecular weight excluding hydrogens is 212 g/mol. The van der Waals surface area contributed by atoms with Crippen LogP contribution in [0.3, 0.4) is 0 Å². The third-order valence-electron chi connectivity index (χ3n) is 2.12. The number of hydrogen-bond donors (Lipinski definition) is 1. The van der Waals surface area contributed by atoms with E-state index in [0.29, 0.717) is 5.56 Å². The van der Waals surface area contributed by atoms with Gasteiger partial charge in [0.05, 0.1) is 17.2 Å². The van der Waals surface area contributed by atoms with E-state index < -0.39 is 10.9 Å². The number of ether oxygens (including phenoxy) is 1. The minimum absolute atomic E-state index is 0.0904. The van der Waals surface area contributed by atoms with Gasteiger partial charge in [-0.2, -0.15) is 0 Å². The minimum Gasteiger partial charge on any atom is -0.462 e. The van der Waals surface area contributed by atoms with Gasteiger partial charge in [-0.25, -0.2) is 4.79 Å². The van der Waals surface area contributed by atoms with Gasteiger partial charge in [-0.05, 0) is 19.4 Å². The summed E-state index contributed by atoms with van der Waals surface area (Å²) in [5, 5.41) is 10.7. The van der Waals surface area contributed by atoms with Crippen molar-refractivity contribution in [2.24, 2.45) is 0 Å². The molecule has 16 heavy (non-hydrogen) atoms. The molecule has 2 N–H and O–H groups in total. The Hall–Kier alpha value is -2.11. The normalized spacial score (nSPS) is 9.88. The van der Waals surface area contributed by atoms with Gasteiger partial charge in [-0.15, -0.1) is 0 Å². The van der Waals surface area contributed by atoms with Crippen molar-refractivity contribution in [1.82, 2.24) is 0 Å². The van der Waals surface area contributed by atoms with Crippen molar-refractivity contribution in [2.45, 2.75) is 13.8 Å². The maximum atomic E-state index is 11.5. The van der Waals surface area contributed by atoms with Gasteiger partial charge in [0.25, 0.3) is 5.69 Å². The van der Waals surface area contributed by atoms with Crippen molar-refractivity contribution in [3.8, 4) is 0 Å². The lowest BCUT2D eigenvalue weighted by molar-refractivity contribution is -0.385. The second-order valence-electron chi connectivity index (χ2n) is 3.17. The van der Waals surface area contributed by atoms with E-state index in [-0.39, 0.29) is 23.5 Å². The fourth-order valence-corrected chi connectivity index (χ4v) is 1.28. The van der Waals surface area contributed by atoms with Crippen molar-refractivity contribution >= 4 is 17.3 Å². The van der Waals surface area contributed by atoms with Crippen LogP contribution in [0.15, 0.2) is 12.1 Å². The summed E-state index contributed by atoms with van der Waals surface area (Å²) in [5.74, 6) is -0.768. The summed E-state index contributed by atoms with van der Waals surface area (Å²) in [6.07, 6.45) is 0. The summed E-state index contributed by atoms with van der Waals surface area (Å²) in [5.41, 5.74) is 5.84. The number of nitrogens with zero attached hydrogens (tertiary/aromatic N) is 1.